The second kappa shape index (κ2) is 8.90. The molecule has 6 heteroatoms. The predicted octanol–water partition coefficient (Wildman–Crippen LogP) is 0.865. The Morgan fingerprint density at radius 2 is 1.10 bits per heavy atom. The Labute approximate surface area is 76.4 Å². The molecule has 10 heavy (non-hydrogen) atoms. The van der Waals surface area contributed by atoms with E-state index in [1.54, 1.807) is 0 Å². The van der Waals surface area contributed by atoms with Gasteiger partial charge in [0.15, 0.2) is 0 Å². The van der Waals surface area contributed by atoms with Gasteiger partial charge in [-0.05, 0) is 0 Å². The first-order valence-corrected chi connectivity index (χ1v) is 3.87. The van der Waals surface area contributed by atoms with Crippen LogP contribution in [0.3, 0.4) is 0 Å². The van der Waals surface area contributed by atoms with E-state index in [1.165, 1.54) is 13.8 Å². The summed E-state index contributed by atoms with van der Waals surface area (Å²) < 4.78 is 4.40. The van der Waals surface area contributed by atoms with E-state index < -0.39 is 0 Å². The number of rotatable bonds is 0. The first kappa shape index (κ1) is 12.6. The molecule has 0 aromatic rings. The number of carbonyl (C=O) groups excluding carboxylic acids is 2. The van der Waals surface area contributed by atoms with Crippen molar-refractivity contribution in [2.24, 2.45) is 0 Å². The minimum absolute atomic E-state index is 0.0787. The Bertz CT molecular complexity index is 104. The van der Waals surface area contributed by atoms with E-state index in [1.807, 2.05) is 0 Å². The Morgan fingerprint density at radius 1 is 1.00 bits per heavy atom. The molecule has 0 saturated heterocycles. The van der Waals surface area contributed by atoms with Gasteiger partial charge in [-0.2, -0.15) is 0 Å². The van der Waals surface area contributed by atoms with Gasteiger partial charge in [0.2, 0.25) is 11.8 Å². The molecule has 0 spiro atoms. The average Bonchev–Trinajstić information content (AvgIpc) is 1.89. The number of nitrogens with one attached hydrogen (secondary N) is 2. The van der Waals surface area contributed by atoms with E-state index in [2.05, 4.69) is 41.0 Å². The van der Waals surface area contributed by atoms with Gasteiger partial charge < -0.3 is 0 Å². The summed E-state index contributed by atoms with van der Waals surface area (Å²) in [6.45, 7) is 2.85. The zero-order chi connectivity index (χ0) is 8.57. The molecule has 0 aliphatic heterocycles. The maximum Gasteiger partial charge on any atom is 0.226 e. The standard InChI is InChI=1S/2C2H4BrNO/c2*1-2(5)4-3/h2*1H3,(H,4,5). The van der Waals surface area contributed by atoms with Crippen LogP contribution in [-0.4, -0.2) is 11.8 Å². The van der Waals surface area contributed by atoms with Crippen LogP contribution < -0.4 is 8.69 Å². The van der Waals surface area contributed by atoms with E-state index in [0.29, 0.717) is 0 Å². The molecule has 2 amide bonds. The highest BCUT2D eigenvalue weighted by Gasteiger charge is 1.75. The minimum Gasteiger partial charge on any atom is -0.293 e. The fraction of sp³-hybridized carbons (Fsp3) is 0.500. The van der Waals surface area contributed by atoms with E-state index >= 15 is 0 Å². The van der Waals surface area contributed by atoms with Crippen molar-refractivity contribution in [1.82, 2.24) is 8.69 Å². The second-order valence-corrected chi connectivity index (χ2v) is 2.09. The third-order valence-electron chi connectivity index (χ3n) is 0.266. The topological polar surface area (TPSA) is 58.2 Å². The highest BCUT2D eigenvalue weighted by Crippen LogP contribution is 1.63. The number of amides is 2. The van der Waals surface area contributed by atoms with Crippen molar-refractivity contribution in [3.05, 3.63) is 0 Å². The van der Waals surface area contributed by atoms with Gasteiger partial charge >= 0.3 is 0 Å². The number of halogens is 2. The van der Waals surface area contributed by atoms with Crippen LogP contribution in [0.4, 0.5) is 0 Å². The second-order valence-electron chi connectivity index (χ2n) is 1.30. The third kappa shape index (κ3) is 24.7. The zero-order valence-corrected chi connectivity index (χ0v) is 8.74. The van der Waals surface area contributed by atoms with E-state index in [9.17, 15) is 9.59 Å². The smallest absolute Gasteiger partial charge is 0.226 e. The third-order valence-corrected chi connectivity index (χ3v) is 1.38. The molecule has 0 aromatic carbocycles. The largest absolute Gasteiger partial charge is 0.293 e. The molecule has 60 valence electrons. The minimum atomic E-state index is -0.0787. The Balaban J connectivity index is 0. The average molecular weight is 276 g/mol. The fourth-order valence-electron chi connectivity index (χ4n) is 0. The molecule has 0 atom stereocenters. The van der Waals surface area contributed by atoms with Crippen LogP contribution >= 0.6 is 32.3 Å². The van der Waals surface area contributed by atoms with Crippen molar-refractivity contribution < 1.29 is 9.59 Å². The molecular formula is C4H8Br2N2O2. The fourth-order valence-corrected chi connectivity index (χ4v) is 0. The molecule has 0 aliphatic carbocycles. The first-order valence-electron chi connectivity index (χ1n) is 2.29. The van der Waals surface area contributed by atoms with Crippen LogP contribution in [0, 0.1) is 0 Å². The summed E-state index contributed by atoms with van der Waals surface area (Å²) in [6, 6.07) is 0. The molecule has 0 fully saturated rings. The SMILES string of the molecule is CC(=O)NBr.CC(=O)NBr. The Kier molecular flexibility index (Phi) is 11.2. The van der Waals surface area contributed by atoms with Gasteiger partial charge in [0.1, 0.15) is 0 Å². The normalized spacial score (nSPS) is 6.80. The van der Waals surface area contributed by atoms with E-state index in [0.717, 1.165) is 0 Å². The van der Waals surface area contributed by atoms with Gasteiger partial charge in [0.05, 0.1) is 0 Å². The van der Waals surface area contributed by atoms with Gasteiger partial charge in [-0.1, -0.05) is 0 Å². The van der Waals surface area contributed by atoms with Crippen molar-refractivity contribution in [2.75, 3.05) is 0 Å². The summed E-state index contributed by atoms with van der Waals surface area (Å²) in [5.41, 5.74) is 0. The summed E-state index contributed by atoms with van der Waals surface area (Å²) in [7, 11) is 0. The molecule has 0 saturated carbocycles. The summed E-state index contributed by atoms with van der Waals surface area (Å²) in [5, 5.41) is 0. The lowest BCUT2D eigenvalue weighted by molar-refractivity contribution is -0.117. The lowest BCUT2D eigenvalue weighted by Gasteiger charge is -1.76. The van der Waals surface area contributed by atoms with Crippen molar-refractivity contribution in [2.45, 2.75) is 13.8 Å². The maximum atomic E-state index is 9.65. The quantitative estimate of drug-likeness (QED) is 0.645. The summed E-state index contributed by atoms with van der Waals surface area (Å²) in [6.07, 6.45) is 0. The van der Waals surface area contributed by atoms with Crippen LogP contribution in [-0.2, 0) is 9.59 Å². The summed E-state index contributed by atoms with van der Waals surface area (Å²) >= 11 is 5.43. The van der Waals surface area contributed by atoms with E-state index in [4.69, 9.17) is 0 Å². The molecule has 0 heterocycles. The number of carbonyl (C=O) groups is 2. The van der Waals surface area contributed by atoms with Crippen molar-refractivity contribution in [1.29, 1.82) is 0 Å². The lowest BCUT2D eigenvalue weighted by atomic mass is 10.8. The number of hydrogen-bond donors (Lipinski definition) is 2. The molecule has 0 aromatic heterocycles. The molecule has 0 rings (SSSR count). The van der Waals surface area contributed by atoms with Crippen LogP contribution in [0.5, 0.6) is 0 Å². The van der Waals surface area contributed by atoms with Gasteiger partial charge in [0, 0.05) is 46.1 Å². The number of hydrogen-bond acceptors (Lipinski definition) is 2. The molecule has 0 aliphatic rings. The van der Waals surface area contributed by atoms with Crippen LogP contribution in [0.25, 0.3) is 0 Å². The molecule has 2 N–H and O–H groups in total. The van der Waals surface area contributed by atoms with Gasteiger partial charge in [-0.3, -0.25) is 18.3 Å². The highest BCUT2D eigenvalue weighted by molar-refractivity contribution is 9.08. The van der Waals surface area contributed by atoms with Gasteiger partial charge in [-0.15, -0.1) is 0 Å². The van der Waals surface area contributed by atoms with Gasteiger partial charge in [-0.25, -0.2) is 0 Å². The summed E-state index contributed by atoms with van der Waals surface area (Å²) in [4.78, 5) is 19.3. The molecule has 0 unspecified atom stereocenters. The van der Waals surface area contributed by atoms with E-state index in [-0.39, 0.29) is 11.8 Å². The predicted molar refractivity (Wildman–Crippen MR) is 45.5 cm³/mol. The van der Waals surface area contributed by atoms with Crippen molar-refractivity contribution >= 4 is 44.1 Å². The van der Waals surface area contributed by atoms with Crippen molar-refractivity contribution in [3.63, 3.8) is 0 Å². The van der Waals surface area contributed by atoms with Crippen LogP contribution in [0.1, 0.15) is 13.8 Å². The molecule has 4 nitrogen and oxygen atoms in total. The molecule has 0 radical (unpaired) electrons. The Hall–Kier alpha value is -0.100. The molecule has 0 bridgehead atoms. The summed E-state index contributed by atoms with van der Waals surface area (Å²) in [5.74, 6) is -0.157. The van der Waals surface area contributed by atoms with Crippen LogP contribution in [0.2, 0.25) is 0 Å². The first-order chi connectivity index (χ1) is 4.54. The monoisotopic (exact) mass is 274 g/mol. The maximum absolute atomic E-state index is 9.65. The zero-order valence-electron chi connectivity index (χ0n) is 5.57. The van der Waals surface area contributed by atoms with Crippen molar-refractivity contribution in [3.8, 4) is 0 Å². The molecular weight excluding hydrogens is 268 g/mol. The van der Waals surface area contributed by atoms with Crippen LogP contribution in [0.15, 0.2) is 0 Å². The Morgan fingerprint density at radius 3 is 1.10 bits per heavy atom. The van der Waals surface area contributed by atoms with Gasteiger partial charge in [0.25, 0.3) is 0 Å². The lowest BCUT2D eigenvalue weighted by Crippen LogP contribution is -2.03. The highest BCUT2D eigenvalue weighted by atomic mass is 79.9.